The second kappa shape index (κ2) is 4.38. The Kier molecular flexibility index (Phi) is 3.44. The molecule has 0 heterocycles. The molecule has 0 atom stereocenters. The van der Waals surface area contributed by atoms with Crippen molar-refractivity contribution in [1.29, 1.82) is 0 Å². The van der Waals surface area contributed by atoms with Crippen LogP contribution in [0.3, 0.4) is 0 Å². The van der Waals surface area contributed by atoms with E-state index in [0.717, 1.165) is 10.5 Å². The molecule has 0 fully saturated rings. The fourth-order valence-corrected chi connectivity index (χ4v) is 1.94. The Morgan fingerprint density at radius 3 is 2.92 bits per heavy atom. The van der Waals surface area contributed by atoms with Crippen molar-refractivity contribution in [2.45, 2.75) is 4.90 Å². The number of benzene rings is 1. The van der Waals surface area contributed by atoms with Gasteiger partial charge in [-0.1, -0.05) is 28.9 Å². The van der Waals surface area contributed by atoms with Crippen LogP contribution in [0.1, 0.15) is 5.56 Å². The summed E-state index contributed by atoms with van der Waals surface area (Å²) in [4.78, 5) is 0.928. The van der Waals surface area contributed by atoms with Crippen molar-refractivity contribution in [2.75, 3.05) is 6.26 Å². The SMILES string of the molecule is CSc1c(Cl)cccc1/C=N/O. The first-order valence-electron chi connectivity index (χ1n) is 3.29. The summed E-state index contributed by atoms with van der Waals surface area (Å²) in [7, 11) is 0. The predicted octanol–water partition coefficient (Wildman–Crippen LogP) is 2.87. The van der Waals surface area contributed by atoms with Crippen LogP contribution < -0.4 is 0 Å². The summed E-state index contributed by atoms with van der Waals surface area (Å²) in [5, 5.41) is 12.0. The zero-order valence-electron chi connectivity index (χ0n) is 6.49. The lowest BCUT2D eigenvalue weighted by atomic mass is 10.2. The Balaban J connectivity index is 3.18. The molecular weight excluding hydrogens is 194 g/mol. The summed E-state index contributed by atoms with van der Waals surface area (Å²) in [6.45, 7) is 0. The van der Waals surface area contributed by atoms with Crippen molar-refractivity contribution in [3.63, 3.8) is 0 Å². The molecule has 1 aromatic rings. The number of rotatable bonds is 2. The van der Waals surface area contributed by atoms with Gasteiger partial charge in [0.05, 0.1) is 11.2 Å². The largest absolute Gasteiger partial charge is 0.411 e. The minimum Gasteiger partial charge on any atom is -0.411 e. The van der Waals surface area contributed by atoms with Crippen molar-refractivity contribution < 1.29 is 5.21 Å². The van der Waals surface area contributed by atoms with E-state index in [1.54, 1.807) is 0 Å². The van der Waals surface area contributed by atoms with E-state index in [1.165, 1.54) is 18.0 Å². The molecule has 1 rings (SSSR count). The van der Waals surface area contributed by atoms with Crippen molar-refractivity contribution in [3.8, 4) is 0 Å². The van der Waals surface area contributed by atoms with E-state index in [4.69, 9.17) is 16.8 Å². The molecule has 12 heavy (non-hydrogen) atoms. The van der Waals surface area contributed by atoms with Crippen LogP contribution in [-0.2, 0) is 0 Å². The van der Waals surface area contributed by atoms with E-state index in [2.05, 4.69) is 5.16 Å². The van der Waals surface area contributed by atoms with Crippen LogP contribution in [0.2, 0.25) is 5.02 Å². The summed E-state index contributed by atoms with van der Waals surface area (Å²) in [6.07, 6.45) is 3.30. The Morgan fingerprint density at radius 1 is 1.58 bits per heavy atom. The van der Waals surface area contributed by atoms with E-state index in [0.29, 0.717) is 5.02 Å². The van der Waals surface area contributed by atoms with Crippen molar-refractivity contribution >= 4 is 29.6 Å². The first kappa shape index (κ1) is 9.42. The van der Waals surface area contributed by atoms with E-state index in [9.17, 15) is 0 Å². The lowest BCUT2D eigenvalue weighted by molar-refractivity contribution is 0.322. The van der Waals surface area contributed by atoms with Gasteiger partial charge in [0.2, 0.25) is 0 Å². The summed E-state index contributed by atoms with van der Waals surface area (Å²) in [5.74, 6) is 0. The van der Waals surface area contributed by atoms with Gasteiger partial charge in [0, 0.05) is 10.5 Å². The average molecular weight is 202 g/mol. The van der Waals surface area contributed by atoms with Crippen molar-refractivity contribution in [1.82, 2.24) is 0 Å². The molecule has 0 radical (unpaired) electrons. The molecule has 0 spiro atoms. The Labute approximate surface area is 80.2 Å². The molecule has 0 amide bonds. The third kappa shape index (κ3) is 1.93. The number of halogens is 1. The van der Waals surface area contributed by atoms with E-state index < -0.39 is 0 Å². The number of hydrogen-bond acceptors (Lipinski definition) is 3. The number of nitrogens with zero attached hydrogens (tertiary/aromatic N) is 1. The van der Waals surface area contributed by atoms with Crippen LogP contribution in [0.25, 0.3) is 0 Å². The van der Waals surface area contributed by atoms with Crippen molar-refractivity contribution in [2.24, 2.45) is 5.16 Å². The van der Waals surface area contributed by atoms with Gasteiger partial charge in [-0.15, -0.1) is 11.8 Å². The monoisotopic (exact) mass is 201 g/mol. The molecule has 0 saturated carbocycles. The molecule has 0 bridgehead atoms. The first-order valence-corrected chi connectivity index (χ1v) is 4.89. The molecule has 0 saturated heterocycles. The number of thioether (sulfide) groups is 1. The van der Waals surface area contributed by atoms with Gasteiger partial charge in [-0.3, -0.25) is 0 Å². The van der Waals surface area contributed by atoms with Crippen LogP contribution in [0, 0.1) is 0 Å². The molecule has 0 aliphatic rings. The molecule has 1 N–H and O–H groups in total. The molecule has 0 aromatic heterocycles. The minimum atomic E-state index is 0.680. The first-order chi connectivity index (χ1) is 5.79. The van der Waals surface area contributed by atoms with Gasteiger partial charge in [-0.05, 0) is 12.3 Å². The summed E-state index contributed by atoms with van der Waals surface area (Å²) in [6, 6.07) is 5.47. The maximum Gasteiger partial charge on any atom is 0.0745 e. The highest BCUT2D eigenvalue weighted by Gasteiger charge is 2.02. The second-order valence-electron chi connectivity index (χ2n) is 2.11. The number of oxime groups is 1. The van der Waals surface area contributed by atoms with Crippen LogP contribution >= 0.6 is 23.4 Å². The average Bonchev–Trinajstić information content (AvgIpc) is 2.05. The quantitative estimate of drug-likeness (QED) is 0.346. The Bertz CT molecular complexity index is 301. The maximum atomic E-state index is 8.35. The highest BCUT2D eigenvalue weighted by molar-refractivity contribution is 7.98. The normalized spacial score (nSPS) is 10.8. The number of hydrogen-bond donors (Lipinski definition) is 1. The zero-order chi connectivity index (χ0) is 8.97. The molecular formula is C8H8ClNOS. The smallest absolute Gasteiger partial charge is 0.0745 e. The summed E-state index contributed by atoms with van der Waals surface area (Å²) in [5.41, 5.74) is 0.831. The molecule has 1 aromatic carbocycles. The molecule has 0 aliphatic heterocycles. The van der Waals surface area contributed by atoms with Gasteiger partial charge in [-0.25, -0.2) is 0 Å². The molecule has 2 nitrogen and oxygen atoms in total. The highest BCUT2D eigenvalue weighted by Crippen LogP contribution is 2.27. The third-order valence-corrected chi connectivity index (χ3v) is 2.69. The highest BCUT2D eigenvalue weighted by atomic mass is 35.5. The maximum absolute atomic E-state index is 8.35. The van der Waals surface area contributed by atoms with Gasteiger partial charge < -0.3 is 5.21 Å². The molecule has 0 unspecified atom stereocenters. The zero-order valence-corrected chi connectivity index (χ0v) is 8.06. The van der Waals surface area contributed by atoms with Crippen LogP contribution in [0.15, 0.2) is 28.3 Å². The molecule has 64 valence electrons. The fourth-order valence-electron chi connectivity index (χ4n) is 0.905. The second-order valence-corrected chi connectivity index (χ2v) is 3.33. The van der Waals surface area contributed by atoms with Gasteiger partial charge in [0.25, 0.3) is 0 Å². The fraction of sp³-hybridized carbons (Fsp3) is 0.125. The standard InChI is InChI=1S/C8H8ClNOS/c1-12-8-6(5-10-11)3-2-4-7(8)9/h2-5,11H,1H3/b10-5+. The van der Waals surface area contributed by atoms with E-state index in [1.807, 2.05) is 24.5 Å². The van der Waals surface area contributed by atoms with Crippen LogP contribution in [-0.4, -0.2) is 17.7 Å². The summed E-state index contributed by atoms with van der Waals surface area (Å²) >= 11 is 7.43. The Morgan fingerprint density at radius 2 is 2.33 bits per heavy atom. The van der Waals surface area contributed by atoms with Gasteiger partial charge in [-0.2, -0.15) is 0 Å². The van der Waals surface area contributed by atoms with E-state index in [-0.39, 0.29) is 0 Å². The van der Waals surface area contributed by atoms with Gasteiger partial charge >= 0.3 is 0 Å². The lowest BCUT2D eigenvalue weighted by Gasteiger charge is -2.02. The van der Waals surface area contributed by atoms with Gasteiger partial charge in [0.1, 0.15) is 0 Å². The topological polar surface area (TPSA) is 32.6 Å². The Hall–Kier alpha value is -0.670. The van der Waals surface area contributed by atoms with Gasteiger partial charge in [0.15, 0.2) is 0 Å². The van der Waals surface area contributed by atoms with Crippen molar-refractivity contribution in [3.05, 3.63) is 28.8 Å². The van der Waals surface area contributed by atoms with E-state index >= 15 is 0 Å². The third-order valence-electron chi connectivity index (χ3n) is 1.40. The predicted molar refractivity (Wildman–Crippen MR) is 52.6 cm³/mol. The van der Waals surface area contributed by atoms with Crippen LogP contribution in [0.5, 0.6) is 0 Å². The minimum absolute atomic E-state index is 0.680. The molecule has 0 aliphatic carbocycles. The van der Waals surface area contributed by atoms with Crippen LogP contribution in [0.4, 0.5) is 0 Å². The molecule has 4 heteroatoms. The lowest BCUT2D eigenvalue weighted by Crippen LogP contribution is -1.85. The summed E-state index contributed by atoms with van der Waals surface area (Å²) < 4.78 is 0.